The third kappa shape index (κ3) is 3.24. The molecule has 0 aliphatic carbocycles. The Balaban J connectivity index is 1.63. The highest BCUT2D eigenvalue weighted by atomic mass is 16.7. The first-order valence-electron chi connectivity index (χ1n) is 9.59. The number of benzene rings is 2. The highest BCUT2D eigenvalue weighted by Gasteiger charge is 2.27. The molecule has 1 N–H and O–H groups in total. The van der Waals surface area contributed by atoms with E-state index in [0.717, 1.165) is 40.3 Å². The Bertz CT molecular complexity index is 1130. The summed E-state index contributed by atoms with van der Waals surface area (Å²) < 4.78 is 11.2. The largest absolute Gasteiger partial charge is 0.454 e. The van der Waals surface area contributed by atoms with Crippen LogP contribution in [-0.2, 0) is 13.0 Å². The van der Waals surface area contributed by atoms with Crippen molar-refractivity contribution in [2.24, 2.45) is 5.10 Å². The molecule has 3 heterocycles. The Hall–Kier alpha value is -3.88. The maximum atomic E-state index is 11.1. The van der Waals surface area contributed by atoms with Gasteiger partial charge in [0.05, 0.1) is 22.9 Å². The van der Waals surface area contributed by atoms with Gasteiger partial charge in [-0.3, -0.25) is 20.2 Å². The number of nitrogens with zero attached hydrogens (tertiary/aromatic N) is 4. The molecule has 0 spiro atoms. The van der Waals surface area contributed by atoms with Crippen molar-refractivity contribution in [2.75, 3.05) is 6.79 Å². The molecule has 30 heavy (non-hydrogen) atoms. The van der Waals surface area contributed by atoms with Crippen molar-refractivity contribution in [3.8, 4) is 11.5 Å². The van der Waals surface area contributed by atoms with Gasteiger partial charge >= 0.3 is 0 Å². The van der Waals surface area contributed by atoms with Crippen LogP contribution in [0, 0.1) is 10.1 Å². The van der Waals surface area contributed by atoms with Crippen molar-refractivity contribution in [1.29, 1.82) is 0 Å². The number of rotatable bonds is 4. The second kappa shape index (κ2) is 7.18. The van der Waals surface area contributed by atoms with Crippen molar-refractivity contribution in [1.82, 2.24) is 15.2 Å². The number of hydrogen-bond acceptors (Lipinski definition) is 7. The van der Waals surface area contributed by atoms with Crippen molar-refractivity contribution in [3.05, 3.63) is 81.2 Å². The van der Waals surface area contributed by atoms with Gasteiger partial charge in [-0.15, -0.1) is 0 Å². The van der Waals surface area contributed by atoms with Crippen LogP contribution in [0.3, 0.4) is 0 Å². The Morgan fingerprint density at radius 3 is 2.67 bits per heavy atom. The van der Waals surface area contributed by atoms with Crippen LogP contribution in [0.15, 0.2) is 53.8 Å². The van der Waals surface area contributed by atoms with E-state index in [4.69, 9.17) is 14.6 Å². The van der Waals surface area contributed by atoms with Crippen LogP contribution in [0.5, 0.6) is 11.5 Å². The van der Waals surface area contributed by atoms with Gasteiger partial charge in [0, 0.05) is 35.5 Å². The van der Waals surface area contributed by atoms with E-state index in [2.05, 4.69) is 17.1 Å². The van der Waals surface area contributed by atoms with Crippen molar-refractivity contribution < 1.29 is 14.4 Å². The van der Waals surface area contributed by atoms with E-state index < -0.39 is 4.92 Å². The fraction of sp³-hybridized carbons (Fsp3) is 0.238. The summed E-state index contributed by atoms with van der Waals surface area (Å²) in [5.74, 6) is 1.41. The fourth-order valence-corrected chi connectivity index (χ4v) is 3.77. The van der Waals surface area contributed by atoms with Gasteiger partial charge in [-0.05, 0) is 49.2 Å². The lowest BCUT2D eigenvalue weighted by molar-refractivity contribution is -0.384. The number of nitrogens with one attached hydrogen (secondary N) is 1. The third-order valence-electron chi connectivity index (χ3n) is 5.35. The van der Waals surface area contributed by atoms with Gasteiger partial charge in [-0.2, -0.15) is 10.2 Å². The second-order valence-electron chi connectivity index (χ2n) is 7.35. The first-order valence-corrected chi connectivity index (χ1v) is 9.59. The molecule has 2 aliphatic rings. The van der Waals surface area contributed by atoms with Crippen molar-refractivity contribution >= 4 is 11.4 Å². The van der Waals surface area contributed by atoms with Gasteiger partial charge in [0.1, 0.15) is 0 Å². The topological polar surface area (TPSA) is 106 Å². The molecule has 1 unspecified atom stereocenters. The zero-order valence-electron chi connectivity index (χ0n) is 16.2. The molecule has 152 valence electrons. The number of aromatic amines is 1. The number of nitro groups is 1. The lowest BCUT2D eigenvalue weighted by Gasteiger charge is -2.24. The maximum Gasteiger partial charge on any atom is 0.269 e. The van der Waals surface area contributed by atoms with Crippen LogP contribution in [0.1, 0.15) is 29.3 Å². The smallest absolute Gasteiger partial charge is 0.269 e. The molecule has 0 bridgehead atoms. The average molecular weight is 405 g/mol. The summed E-state index contributed by atoms with van der Waals surface area (Å²) in [5.41, 5.74) is 4.56. The summed E-state index contributed by atoms with van der Waals surface area (Å²) in [7, 11) is 0. The van der Waals surface area contributed by atoms with Crippen LogP contribution >= 0.6 is 0 Å². The van der Waals surface area contributed by atoms with E-state index in [1.54, 1.807) is 18.3 Å². The highest BCUT2D eigenvalue weighted by Crippen LogP contribution is 2.37. The summed E-state index contributed by atoms with van der Waals surface area (Å²) in [4.78, 5) is 10.7. The van der Waals surface area contributed by atoms with E-state index >= 15 is 0 Å². The van der Waals surface area contributed by atoms with Crippen LogP contribution in [0.25, 0.3) is 0 Å². The van der Waals surface area contributed by atoms with Gasteiger partial charge < -0.3 is 9.47 Å². The molecule has 9 heteroatoms. The standard InChI is InChI=1S/C21H19N5O4/c1-13-8-15-9-19-20(30-12-29-19)10-18(15)21(14-2-4-17(5-3-14)26(27)28)24-25(13)11-16-6-7-22-23-16/h2-7,9-10,13H,8,11-12H2,1H3,(H,22,23). The Kier molecular flexibility index (Phi) is 4.35. The molecule has 0 saturated heterocycles. The molecule has 3 aromatic rings. The molecule has 0 saturated carbocycles. The van der Waals surface area contributed by atoms with E-state index in [-0.39, 0.29) is 18.5 Å². The second-order valence-corrected chi connectivity index (χ2v) is 7.35. The van der Waals surface area contributed by atoms with Crippen molar-refractivity contribution in [2.45, 2.75) is 25.9 Å². The summed E-state index contributed by atoms with van der Waals surface area (Å²) in [6, 6.07) is 12.4. The van der Waals surface area contributed by atoms with Gasteiger partial charge in [0.25, 0.3) is 5.69 Å². The highest BCUT2D eigenvalue weighted by molar-refractivity contribution is 6.14. The van der Waals surface area contributed by atoms with E-state index in [1.807, 2.05) is 23.2 Å². The van der Waals surface area contributed by atoms with Gasteiger partial charge in [-0.1, -0.05) is 0 Å². The number of hydrazone groups is 1. The normalized spacial score (nSPS) is 17.3. The molecule has 1 atom stereocenters. The summed E-state index contributed by atoms with van der Waals surface area (Å²) in [6.07, 6.45) is 2.48. The molecular formula is C21H19N5O4. The average Bonchev–Trinajstić information content (AvgIpc) is 3.39. The molecule has 2 aliphatic heterocycles. The predicted octanol–water partition coefficient (Wildman–Crippen LogP) is 3.25. The van der Waals surface area contributed by atoms with Crippen molar-refractivity contribution in [3.63, 3.8) is 0 Å². The van der Waals surface area contributed by atoms with E-state index in [0.29, 0.717) is 12.3 Å². The maximum absolute atomic E-state index is 11.1. The lowest BCUT2D eigenvalue weighted by atomic mass is 9.94. The molecule has 5 rings (SSSR count). The van der Waals surface area contributed by atoms with Crippen LogP contribution in [0.4, 0.5) is 5.69 Å². The van der Waals surface area contributed by atoms with E-state index in [1.165, 1.54) is 12.1 Å². The molecule has 2 aromatic carbocycles. The van der Waals surface area contributed by atoms with Crippen LogP contribution < -0.4 is 9.47 Å². The number of non-ortho nitro benzene ring substituents is 1. The van der Waals surface area contributed by atoms with Gasteiger partial charge in [-0.25, -0.2) is 0 Å². The van der Waals surface area contributed by atoms with Gasteiger partial charge in [0.2, 0.25) is 6.79 Å². The number of H-pyrrole nitrogens is 1. The van der Waals surface area contributed by atoms with Crippen LogP contribution in [0.2, 0.25) is 0 Å². The first-order chi connectivity index (χ1) is 14.6. The zero-order chi connectivity index (χ0) is 20.7. The minimum absolute atomic E-state index is 0.0431. The van der Waals surface area contributed by atoms with E-state index in [9.17, 15) is 10.1 Å². The Morgan fingerprint density at radius 1 is 1.20 bits per heavy atom. The monoisotopic (exact) mass is 405 g/mol. The molecule has 0 radical (unpaired) electrons. The molecule has 9 nitrogen and oxygen atoms in total. The SMILES string of the molecule is CC1Cc2cc3c(cc2C(c2ccc([N+](=O)[O-])cc2)=NN1Cc1ccn[nH]1)OCO3. The molecular weight excluding hydrogens is 386 g/mol. The molecule has 0 amide bonds. The first kappa shape index (κ1) is 18.2. The Labute approximate surface area is 172 Å². The lowest BCUT2D eigenvalue weighted by Crippen LogP contribution is -2.29. The quantitative estimate of drug-likeness (QED) is 0.528. The minimum atomic E-state index is -0.405. The minimum Gasteiger partial charge on any atom is -0.454 e. The number of nitro benzene ring substituents is 1. The Morgan fingerprint density at radius 2 is 1.97 bits per heavy atom. The summed E-state index contributed by atoms with van der Waals surface area (Å²) in [6.45, 7) is 2.88. The van der Waals surface area contributed by atoms with Crippen LogP contribution in [-0.4, -0.2) is 38.7 Å². The molecule has 0 fully saturated rings. The predicted molar refractivity (Wildman–Crippen MR) is 109 cm³/mol. The number of fused-ring (bicyclic) bond motifs is 2. The summed E-state index contributed by atoms with van der Waals surface area (Å²) >= 11 is 0. The number of ether oxygens (including phenoxy) is 2. The molecule has 1 aromatic heterocycles. The third-order valence-corrected chi connectivity index (χ3v) is 5.35. The fourth-order valence-electron chi connectivity index (χ4n) is 3.77. The summed E-state index contributed by atoms with van der Waals surface area (Å²) in [5, 5.41) is 25.1. The van der Waals surface area contributed by atoms with Gasteiger partial charge in [0.15, 0.2) is 11.5 Å². The zero-order valence-corrected chi connectivity index (χ0v) is 16.2. The number of hydrogen-bond donors (Lipinski definition) is 1. The number of aromatic nitrogens is 2.